The third kappa shape index (κ3) is 7.42. The van der Waals surface area contributed by atoms with Gasteiger partial charge in [-0.15, -0.1) is 0 Å². The molecule has 1 saturated heterocycles. The molecule has 4 rings (SSSR count). The number of hydrogen-bond acceptors (Lipinski definition) is 5. The fraction of sp³-hybridized carbons (Fsp3) is 0.276. The van der Waals surface area contributed by atoms with Gasteiger partial charge in [0.25, 0.3) is 0 Å². The van der Waals surface area contributed by atoms with Crippen LogP contribution in [0.5, 0.6) is 0 Å². The Morgan fingerprint density at radius 1 is 0.923 bits per heavy atom. The highest BCUT2D eigenvalue weighted by atomic mass is 32.2. The monoisotopic (exact) mass is 567 g/mol. The highest BCUT2D eigenvalue weighted by Crippen LogP contribution is 2.28. The van der Waals surface area contributed by atoms with Crippen molar-refractivity contribution >= 4 is 26.0 Å². The molecule has 206 valence electrons. The Bertz CT molecular complexity index is 1480. The summed E-state index contributed by atoms with van der Waals surface area (Å²) in [6.07, 6.45) is 1.65. The second-order valence-electron chi connectivity index (χ2n) is 9.49. The summed E-state index contributed by atoms with van der Waals surface area (Å²) in [6.45, 7) is 3.95. The Labute approximate surface area is 230 Å². The van der Waals surface area contributed by atoms with Gasteiger partial charge in [0.15, 0.2) is 0 Å². The number of sulfonamides is 2. The molecule has 1 fully saturated rings. The lowest BCUT2D eigenvalue weighted by atomic mass is 9.91. The molecule has 1 heterocycles. The molecule has 3 aromatic rings. The van der Waals surface area contributed by atoms with Crippen LogP contribution in [0.15, 0.2) is 102 Å². The van der Waals surface area contributed by atoms with Crippen LogP contribution in [0.3, 0.4) is 0 Å². The molecule has 1 unspecified atom stereocenters. The van der Waals surface area contributed by atoms with Crippen molar-refractivity contribution in [3.05, 3.63) is 114 Å². The Balaban J connectivity index is 1.53. The van der Waals surface area contributed by atoms with Crippen LogP contribution in [-0.2, 0) is 37.8 Å². The van der Waals surface area contributed by atoms with Crippen molar-refractivity contribution in [3.8, 4) is 0 Å². The predicted octanol–water partition coefficient (Wildman–Crippen LogP) is 3.55. The van der Waals surface area contributed by atoms with Crippen molar-refractivity contribution in [2.75, 3.05) is 13.1 Å². The Hall–Kier alpha value is -3.31. The number of carbonyl (C=O) groups is 1. The first-order valence-electron chi connectivity index (χ1n) is 12.8. The van der Waals surface area contributed by atoms with E-state index in [-0.39, 0.29) is 17.3 Å². The lowest BCUT2D eigenvalue weighted by Crippen LogP contribution is -2.42. The van der Waals surface area contributed by atoms with Gasteiger partial charge in [0.1, 0.15) is 0 Å². The lowest BCUT2D eigenvalue weighted by Gasteiger charge is -2.24. The Morgan fingerprint density at radius 2 is 1.54 bits per heavy atom. The molecule has 1 aliphatic heterocycles. The second-order valence-corrected chi connectivity index (χ2v) is 13.1. The average molecular weight is 568 g/mol. The van der Waals surface area contributed by atoms with Gasteiger partial charge in [-0.1, -0.05) is 79.4 Å². The number of rotatable bonds is 12. The first-order valence-corrected chi connectivity index (χ1v) is 15.8. The molecule has 3 aromatic carbocycles. The Morgan fingerprint density at radius 3 is 2.15 bits per heavy atom. The summed E-state index contributed by atoms with van der Waals surface area (Å²) in [5.74, 6) is -0.659. The van der Waals surface area contributed by atoms with Gasteiger partial charge >= 0.3 is 0 Å². The minimum atomic E-state index is -3.86. The van der Waals surface area contributed by atoms with Gasteiger partial charge in [0.2, 0.25) is 26.0 Å². The van der Waals surface area contributed by atoms with E-state index in [0.717, 1.165) is 16.5 Å². The van der Waals surface area contributed by atoms with E-state index in [1.54, 1.807) is 12.1 Å². The van der Waals surface area contributed by atoms with Crippen LogP contribution in [0.1, 0.15) is 35.4 Å². The van der Waals surface area contributed by atoms with Crippen molar-refractivity contribution in [2.24, 2.45) is 0 Å². The van der Waals surface area contributed by atoms with E-state index in [1.165, 1.54) is 16.4 Å². The van der Waals surface area contributed by atoms with Gasteiger partial charge < -0.3 is 5.32 Å². The number of hydrogen-bond donors (Lipinski definition) is 2. The maximum Gasteiger partial charge on any atom is 0.243 e. The van der Waals surface area contributed by atoms with Gasteiger partial charge in [0, 0.05) is 31.1 Å². The van der Waals surface area contributed by atoms with E-state index in [0.29, 0.717) is 37.9 Å². The third-order valence-corrected chi connectivity index (χ3v) is 9.83. The maximum absolute atomic E-state index is 13.5. The average Bonchev–Trinajstić information content (AvgIpc) is 3.45. The molecular formula is C29H33N3O5S2. The molecular weight excluding hydrogens is 534 g/mol. The quantitative estimate of drug-likeness (QED) is 0.348. The molecule has 0 radical (unpaired) electrons. The summed E-state index contributed by atoms with van der Waals surface area (Å²) in [4.78, 5) is 13.4. The molecule has 2 N–H and O–H groups in total. The van der Waals surface area contributed by atoms with Crippen LogP contribution in [0.4, 0.5) is 0 Å². The zero-order valence-corrected chi connectivity index (χ0v) is 23.2. The van der Waals surface area contributed by atoms with Gasteiger partial charge in [-0.2, -0.15) is 4.31 Å². The van der Waals surface area contributed by atoms with Crippen LogP contribution in [-0.4, -0.2) is 46.2 Å². The van der Waals surface area contributed by atoms with Gasteiger partial charge in [0.05, 0.1) is 10.8 Å². The number of amides is 1. The summed E-state index contributed by atoms with van der Waals surface area (Å²) in [5.41, 5.74) is 2.69. The molecule has 2 atom stereocenters. The minimum Gasteiger partial charge on any atom is -0.351 e. The SMILES string of the molecule is C=CS(=O)(=O)NC[C@H]1CCCN1S(=O)(=O)c1ccc(C(Cc2ccccc2)C(=O)NCc2ccccc2)cc1. The molecule has 1 aliphatic rings. The van der Waals surface area contributed by atoms with E-state index in [1.807, 2.05) is 60.7 Å². The predicted molar refractivity (Wildman–Crippen MR) is 152 cm³/mol. The summed E-state index contributed by atoms with van der Waals surface area (Å²) < 4.78 is 54.2. The summed E-state index contributed by atoms with van der Waals surface area (Å²) in [6, 6.07) is 25.3. The van der Waals surface area contributed by atoms with Gasteiger partial charge in [-0.3, -0.25) is 4.79 Å². The molecule has 1 amide bonds. The molecule has 0 aliphatic carbocycles. The summed E-state index contributed by atoms with van der Waals surface area (Å²) in [5, 5.41) is 3.82. The number of nitrogens with one attached hydrogen (secondary N) is 2. The van der Waals surface area contributed by atoms with Crippen molar-refractivity contribution in [1.82, 2.24) is 14.3 Å². The topological polar surface area (TPSA) is 113 Å². The first kappa shape index (κ1) is 28.7. The largest absolute Gasteiger partial charge is 0.351 e. The zero-order valence-electron chi connectivity index (χ0n) is 21.6. The molecule has 39 heavy (non-hydrogen) atoms. The molecule has 0 saturated carbocycles. The normalized spacial score (nSPS) is 17.0. The minimum absolute atomic E-state index is 0.0214. The summed E-state index contributed by atoms with van der Waals surface area (Å²) >= 11 is 0. The van der Waals surface area contributed by atoms with Crippen molar-refractivity contribution in [3.63, 3.8) is 0 Å². The first-order chi connectivity index (χ1) is 18.7. The fourth-order valence-electron chi connectivity index (χ4n) is 4.73. The molecule has 8 nitrogen and oxygen atoms in total. The van der Waals surface area contributed by atoms with Gasteiger partial charge in [-0.05, 0) is 48.1 Å². The fourth-order valence-corrected chi connectivity index (χ4v) is 6.96. The highest BCUT2D eigenvalue weighted by molar-refractivity contribution is 7.92. The number of carbonyl (C=O) groups excluding carboxylic acids is 1. The highest BCUT2D eigenvalue weighted by Gasteiger charge is 2.35. The lowest BCUT2D eigenvalue weighted by molar-refractivity contribution is -0.122. The van der Waals surface area contributed by atoms with E-state index in [4.69, 9.17) is 0 Å². The van der Waals surface area contributed by atoms with Crippen LogP contribution in [0.2, 0.25) is 0 Å². The molecule has 0 bridgehead atoms. The number of nitrogens with zero attached hydrogens (tertiary/aromatic N) is 1. The summed E-state index contributed by atoms with van der Waals surface area (Å²) in [7, 11) is -7.52. The van der Waals surface area contributed by atoms with Crippen molar-refractivity contribution in [2.45, 2.75) is 42.7 Å². The van der Waals surface area contributed by atoms with E-state index >= 15 is 0 Å². The Kier molecular flexibility index (Phi) is 9.34. The van der Waals surface area contributed by atoms with E-state index in [9.17, 15) is 21.6 Å². The second kappa shape index (κ2) is 12.7. The maximum atomic E-state index is 13.5. The van der Waals surface area contributed by atoms with E-state index < -0.39 is 32.0 Å². The third-order valence-electron chi connectivity index (χ3n) is 6.86. The van der Waals surface area contributed by atoms with Crippen molar-refractivity contribution < 1.29 is 21.6 Å². The van der Waals surface area contributed by atoms with Crippen molar-refractivity contribution in [1.29, 1.82) is 0 Å². The van der Waals surface area contributed by atoms with Crippen LogP contribution < -0.4 is 10.0 Å². The van der Waals surface area contributed by atoms with Crippen LogP contribution in [0.25, 0.3) is 0 Å². The van der Waals surface area contributed by atoms with Crippen LogP contribution in [0, 0.1) is 0 Å². The zero-order chi connectivity index (χ0) is 27.9. The van der Waals surface area contributed by atoms with Crippen LogP contribution >= 0.6 is 0 Å². The smallest absolute Gasteiger partial charge is 0.243 e. The van der Waals surface area contributed by atoms with E-state index in [2.05, 4.69) is 16.6 Å². The number of benzene rings is 3. The molecule has 0 spiro atoms. The molecule has 10 heteroatoms. The molecule has 0 aromatic heterocycles. The van der Waals surface area contributed by atoms with Gasteiger partial charge in [-0.25, -0.2) is 21.6 Å². The standard InChI is InChI=1S/C29H33N3O5S2/c1-2-38(34,35)31-22-26-14-9-19-32(26)39(36,37)27-17-15-25(16-18-27)28(20-23-10-5-3-6-11-23)29(33)30-21-24-12-7-4-8-13-24/h2-8,10-13,15-18,26,28,31H,1,9,14,19-22H2,(H,30,33)/t26-,28?/m1/s1.